The summed E-state index contributed by atoms with van der Waals surface area (Å²) in [5.74, 6) is 0.497. The van der Waals surface area contributed by atoms with Gasteiger partial charge in [-0.3, -0.25) is 10.1 Å². The molecule has 21 heavy (non-hydrogen) atoms. The number of hydrogen-bond acceptors (Lipinski definition) is 7. The lowest BCUT2D eigenvalue weighted by Crippen LogP contribution is -2.14. The van der Waals surface area contributed by atoms with Gasteiger partial charge >= 0.3 is 0 Å². The summed E-state index contributed by atoms with van der Waals surface area (Å²) in [4.78, 5) is 12.4. The lowest BCUT2D eigenvalue weighted by atomic mass is 10.1. The maximum absolute atomic E-state index is 12.4. The van der Waals surface area contributed by atoms with E-state index in [0.29, 0.717) is 35.2 Å². The van der Waals surface area contributed by atoms with Crippen molar-refractivity contribution in [2.75, 3.05) is 26.1 Å². The Morgan fingerprint density at radius 1 is 1.29 bits per heavy atom. The van der Waals surface area contributed by atoms with Gasteiger partial charge in [0.15, 0.2) is 0 Å². The van der Waals surface area contributed by atoms with E-state index in [0.717, 1.165) is 5.01 Å². The number of carbonyl (C=O) groups excluding carboxylic acids is 1. The molecule has 112 valence electrons. The highest BCUT2D eigenvalue weighted by Crippen LogP contribution is 2.29. The summed E-state index contributed by atoms with van der Waals surface area (Å²) in [7, 11) is 2.99. The summed E-state index contributed by atoms with van der Waals surface area (Å²) in [6.45, 7) is 0.489. The first-order valence-corrected chi connectivity index (χ1v) is 7.06. The molecule has 1 aromatic carbocycles. The number of ether oxygens (including phenoxy) is 2. The van der Waals surface area contributed by atoms with Crippen LogP contribution >= 0.6 is 11.3 Å². The standard InChI is InChI=1S/C13H16N4O3S/c1-19-8-4-3-5-9(20-2)11(8)12(18)15-13-17-16-10(21-13)6-7-14/h3-5H,6-7,14H2,1-2H3,(H,15,17,18). The van der Waals surface area contributed by atoms with Crippen LogP contribution in [0, 0.1) is 0 Å². The maximum Gasteiger partial charge on any atom is 0.265 e. The molecule has 1 heterocycles. The number of anilines is 1. The zero-order valence-corrected chi connectivity index (χ0v) is 12.6. The molecular formula is C13H16N4O3S. The van der Waals surface area contributed by atoms with Gasteiger partial charge < -0.3 is 15.2 Å². The van der Waals surface area contributed by atoms with E-state index >= 15 is 0 Å². The number of nitrogens with two attached hydrogens (primary N) is 1. The molecule has 2 rings (SSSR count). The van der Waals surface area contributed by atoms with Gasteiger partial charge in [0, 0.05) is 6.42 Å². The van der Waals surface area contributed by atoms with E-state index in [9.17, 15) is 4.79 Å². The molecule has 0 radical (unpaired) electrons. The Morgan fingerprint density at radius 2 is 1.95 bits per heavy atom. The number of hydrogen-bond donors (Lipinski definition) is 2. The van der Waals surface area contributed by atoms with Crippen LogP contribution in [0.4, 0.5) is 5.13 Å². The van der Waals surface area contributed by atoms with Crippen LogP contribution < -0.4 is 20.5 Å². The topological polar surface area (TPSA) is 99.4 Å². The normalized spacial score (nSPS) is 10.2. The van der Waals surface area contributed by atoms with Gasteiger partial charge in [0.2, 0.25) is 5.13 Å². The van der Waals surface area contributed by atoms with E-state index in [4.69, 9.17) is 15.2 Å². The van der Waals surface area contributed by atoms with Crippen molar-refractivity contribution in [2.24, 2.45) is 5.73 Å². The third kappa shape index (κ3) is 3.47. The molecule has 0 spiro atoms. The molecule has 3 N–H and O–H groups in total. The second kappa shape index (κ2) is 7.00. The number of methoxy groups -OCH3 is 2. The second-order valence-electron chi connectivity index (χ2n) is 4.03. The van der Waals surface area contributed by atoms with Crippen molar-refractivity contribution < 1.29 is 14.3 Å². The minimum absolute atomic E-state index is 0.318. The van der Waals surface area contributed by atoms with E-state index in [1.54, 1.807) is 18.2 Å². The van der Waals surface area contributed by atoms with Crippen molar-refractivity contribution in [3.05, 3.63) is 28.8 Å². The summed E-state index contributed by atoms with van der Waals surface area (Å²) in [5, 5.41) is 11.7. The number of nitrogens with zero attached hydrogens (tertiary/aromatic N) is 2. The monoisotopic (exact) mass is 308 g/mol. The van der Waals surface area contributed by atoms with Crippen molar-refractivity contribution in [1.82, 2.24) is 10.2 Å². The Balaban J connectivity index is 2.23. The minimum Gasteiger partial charge on any atom is -0.496 e. The second-order valence-corrected chi connectivity index (χ2v) is 5.09. The van der Waals surface area contributed by atoms with Crippen molar-refractivity contribution >= 4 is 22.4 Å². The molecule has 1 amide bonds. The van der Waals surface area contributed by atoms with E-state index in [1.165, 1.54) is 25.6 Å². The molecule has 0 unspecified atom stereocenters. The number of carbonyl (C=O) groups is 1. The number of amides is 1. The molecule has 0 aliphatic heterocycles. The van der Waals surface area contributed by atoms with Gasteiger partial charge in [-0.1, -0.05) is 17.4 Å². The Hall–Kier alpha value is -2.19. The highest BCUT2D eigenvalue weighted by Gasteiger charge is 2.19. The van der Waals surface area contributed by atoms with Crippen LogP contribution in [0.15, 0.2) is 18.2 Å². The molecule has 0 saturated carbocycles. The fraction of sp³-hybridized carbons (Fsp3) is 0.308. The average molecular weight is 308 g/mol. The van der Waals surface area contributed by atoms with Crippen LogP contribution in [0.3, 0.4) is 0 Å². The first kappa shape index (κ1) is 15.2. The number of aromatic nitrogens is 2. The summed E-state index contributed by atoms with van der Waals surface area (Å²) < 4.78 is 10.4. The third-order valence-corrected chi connectivity index (χ3v) is 3.60. The Morgan fingerprint density at radius 3 is 2.52 bits per heavy atom. The fourth-order valence-corrected chi connectivity index (χ4v) is 2.51. The molecule has 0 aliphatic rings. The van der Waals surface area contributed by atoms with Gasteiger partial charge in [0.1, 0.15) is 22.1 Å². The SMILES string of the molecule is COc1cccc(OC)c1C(=O)Nc1nnc(CCN)s1. The van der Waals surface area contributed by atoms with Gasteiger partial charge in [-0.05, 0) is 18.7 Å². The molecule has 2 aromatic rings. The molecule has 7 nitrogen and oxygen atoms in total. The Labute approximate surface area is 126 Å². The summed E-state index contributed by atoms with van der Waals surface area (Å²) in [5.41, 5.74) is 5.77. The van der Waals surface area contributed by atoms with Crippen LogP contribution in [-0.4, -0.2) is 36.9 Å². The molecule has 0 fully saturated rings. The zero-order valence-electron chi connectivity index (χ0n) is 11.8. The number of nitrogens with one attached hydrogen (secondary N) is 1. The van der Waals surface area contributed by atoms with Crippen LogP contribution in [0.25, 0.3) is 0 Å². The Kier molecular flexibility index (Phi) is 5.07. The van der Waals surface area contributed by atoms with E-state index in [2.05, 4.69) is 15.5 Å². The molecule has 0 saturated heterocycles. The first-order valence-electron chi connectivity index (χ1n) is 6.24. The van der Waals surface area contributed by atoms with Crippen molar-refractivity contribution in [3.8, 4) is 11.5 Å². The molecule has 8 heteroatoms. The summed E-state index contributed by atoms with van der Waals surface area (Å²) in [6, 6.07) is 5.13. The van der Waals surface area contributed by atoms with E-state index < -0.39 is 0 Å². The zero-order chi connectivity index (χ0) is 15.2. The average Bonchev–Trinajstić information content (AvgIpc) is 2.93. The smallest absolute Gasteiger partial charge is 0.265 e. The molecule has 0 bridgehead atoms. The predicted molar refractivity (Wildman–Crippen MR) is 80.2 cm³/mol. The highest BCUT2D eigenvalue weighted by molar-refractivity contribution is 7.15. The lowest BCUT2D eigenvalue weighted by molar-refractivity contribution is 0.102. The van der Waals surface area contributed by atoms with Gasteiger partial charge in [0.05, 0.1) is 14.2 Å². The van der Waals surface area contributed by atoms with Gasteiger partial charge in [0.25, 0.3) is 5.91 Å². The van der Waals surface area contributed by atoms with Crippen LogP contribution in [0.1, 0.15) is 15.4 Å². The number of rotatable bonds is 6. The Bertz CT molecular complexity index is 607. The van der Waals surface area contributed by atoms with E-state index in [-0.39, 0.29) is 5.91 Å². The number of benzene rings is 1. The maximum atomic E-state index is 12.4. The minimum atomic E-state index is -0.361. The molecule has 1 aromatic heterocycles. The summed E-state index contributed by atoms with van der Waals surface area (Å²) in [6.07, 6.45) is 0.630. The van der Waals surface area contributed by atoms with Gasteiger partial charge in [-0.15, -0.1) is 10.2 Å². The van der Waals surface area contributed by atoms with Crippen molar-refractivity contribution in [1.29, 1.82) is 0 Å². The van der Waals surface area contributed by atoms with Crippen molar-refractivity contribution in [3.63, 3.8) is 0 Å². The van der Waals surface area contributed by atoms with Gasteiger partial charge in [-0.25, -0.2) is 0 Å². The first-order chi connectivity index (χ1) is 10.2. The third-order valence-electron chi connectivity index (χ3n) is 2.70. The van der Waals surface area contributed by atoms with Crippen molar-refractivity contribution in [2.45, 2.75) is 6.42 Å². The lowest BCUT2D eigenvalue weighted by Gasteiger charge is -2.11. The highest BCUT2D eigenvalue weighted by atomic mass is 32.1. The van der Waals surface area contributed by atoms with Crippen LogP contribution in [0.2, 0.25) is 0 Å². The van der Waals surface area contributed by atoms with Crippen LogP contribution in [-0.2, 0) is 6.42 Å². The van der Waals surface area contributed by atoms with E-state index in [1.807, 2.05) is 0 Å². The molecule has 0 atom stereocenters. The largest absolute Gasteiger partial charge is 0.496 e. The fourth-order valence-electron chi connectivity index (χ4n) is 1.76. The molecule has 0 aliphatic carbocycles. The van der Waals surface area contributed by atoms with Crippen LogP contribution in [0.5, 0.6) is 11.5 Å². The quantitative estimate of drug-likeness (QED) is 0.834. The summed E-state index contributed by atoms with van der Waals surface area (Å²) >= 11 is 1.29. The molecular weight excluding hydrogens is 292 g/mol. The van der Waals surface area contributed by atoms with Gasteiger partial charge in [-0.2, -0.15) is 0 Å². The predicted octanol–water partition coefficient (Wildman–Crippen LogP) is 1.31.